The molecule has 6 heteroatoms. The van der Waals surface area contributed by atoms with Gasteiger partial charge in [0.2, 0.25) is 5.91 Å². The van der Waals surface area contributed by atoms with E-state index in [2.05, 4.69) is 17.1 Å². The highest BCUT2D eigenvalue weighted by Gasteiger charge is 2.52. The van der Waals surface area contributed by atoms with Gasteiger partial charge in [0.05, 0.1) is 11.0 Å². The largest absolute Gasteiger partial charge is 0.339 e. The van der Waals surface area contributed by atoms with Gasteiger partial charge in [-0.15, -0.1) is 11.3 Å². The van der Waals surface area contributed by atoms with Crippen LogP contribution >= 0.6 is 11.3 Å². The molecule has 25 heavy (non-hydrogen) atoms. The number of benzene rings is 1. The van der Waals surface area contributed by atoms with Crippen molar-refractivity contribution in [1.82, 2.24) is 14.8 Å². The number of thiazole rings is 1. The zero-order valence-corrected chi connectivity index (χ0v) is 15.0. The molecule has 2 saturated heterocycles. The van der Waals surface area contributed by atoms with Crippen molar-refractivity contribution in [2.45, 2.75) is 30.7 Å². The van der Waals surface area contributed by atoms with Crippen molar-refractivity contribution >= 4 is 23.2 Å². The van der Waals surface area contributed by atoms with E-state index < -0.39 is 0 Å². The van der Waals surface area contributed by atoms with Crippen molar-refractivity contribution in [3.05, 3.63) is 52.5 Å². The van der Waals surface area contributed by atoms with E-state index in [0.717, 1.165) is 12.8 Å². The minimum atomic E-state index is -0.183. The predicted octanol–water partition coefficient (Wildman–Crippen LogP) is 2.76. The lowest BCUT2D eigenvalue weighted by Crippen LogP contribution is -2.55. The van der Waals surface area contributed by atoms with Crippen LogP contribution < -0.4 is 0 Å². The van der Waals surface area contributed by atoms with Gasteiger partial charge in [0.25, 0.3) is 5.91 Å². The van der Waals surface area contributed by atoms with Gasteiger partial charge in [-0.1, -0.05) is 30.3 Å². The van der Waals surface area contributed by atoms with Gasteiger partial charge in [-0.25, -0.2) is 4.98 Å². The highest BCUT2D eigenvalue weighted by atomic mass is 32.1. The van der Waals surface area contributed by atoms with Crippen LogP contribution in [-0.2, 0) is 4.79 Å². The maximum absolute atomic E-state index is 12.6. The third kappa shape index (κ3) is 2.65. The number of carbonyl (C=O) groups excluding carboxylic acids is 2. The van der Waals surface area contributed by atoms with E-state index in [1.54, 1.807) is 10.9 Å². The Morgan fingerprint density at radius 2 is 1.96 bits per heavy atom. The lowest BCUT2D eigenvalue weighted by molar-refractivity contribution is -0.130. The number of aromatic nitrogens is 1. The van der Waals surface area contributed by atoms with E-state index >= 15 is 0 Å². The van der Waals surface area contributed by atoms with E-state index in [1.807, 2.05) is 35.0 Å². The Balaban J connectivity index is 1.57. The Morgan fingerprint density at radius 3 is 2.60 bits per heavy atom. The molecule has 130 valence electrons. The first kappa shape index (κ1) is 16.3. The topological polar surface area (TPSA) is 53.5 Å². The summed E-state index contributed by atoms with van der Waals surface area (Å²) in [6.45, 7) is 1.33. The minimum absolute atomic E-state index is 0.000613. The lowest BCUT2D eigenvalue weighted by atomic mass is 9.73. The van der Waals surface area contributed by atoms with Crippen molar-refractivity contribution in [3.63, 3.8) is 0 Å². The van der Waals surface area contributed by atoms with Gasteiger partial charge < -0.3 is 9.80 Å². The molecular formula is C19H21N3O2S. The number of carbonyl (C=O) groups is 2. The third-order valence-electron chi connectivity index (χ3n) is 5.84. The minimum Gasteiger partial charge on any atom is -0.339 e. The average Bonchev–Trinajstić information content (AvgIpc) is 3.27. The van der Waals surface area contributed by atoms with E-state index in [9.17, 15) is 9.59 Å². The summed E-state index contributed by atoms with van der Waals surface area (Å²) < 4.78 is 0. The predicted molar refractivity (Wildman–Crippen MR) is 96.6 cm³/mol. The number of rotatable bonds is 2. The highest BCUT2D eigenvalue weighted by molar-refractivity contribution is 7.07. The summed E-state index contributed by atoms with van der Waals surface area (Å²) in [5.74, 6) is 0.398. The van der Waals surface area contributed by atoms with E-state index in [1.165, 1.54) is 16.9 Å². The van der Waals surface area contributed by atoms with Crippen molar-refractivity contribution in [3.8, 4) is 0 Å². The SMILES string of the molecule is CN1C(=O)C[C@@H](c2ccccc2)C12CCN(C(=O)c1cscn1)CC2. The third-order valence-corrected chi connectivity index (χ3v) is 6.43. The summed E-state index contributed by atoms with van der Waals surface area (Å²) >= 11 is 1.44. The molecule has 2 aromatic rings. The molecule has 2 amide bonds. The molecule has 5 nitrogen and oxygen atoms in total. The first-order chi connectivity index (χ1) is 12.1. The molecule has 0 bridgehead atoms. The average molecular weight is 355 g/mol. The fourth-order valence-electron chi connectivity index (χ4n) is 4.36. The molecule has 3 heterocycles. The zero-order valence-electron chi connectivity index (χ0n) is 14.2. The molecule has 2 aliphatic heterocycles. The number of amides is 2. The molecule has 0 saturated carbocycles. The number of hydrogen-bond donors (Lipinski definition) is 0. The second kappa shape index (κ2) is 6.26. The Hall–Kier alpha value is -2.21. The number of likely N-dealkylation sites (N-methyl/N-ethyl adjacent to an activating group) is 1. The molecule has 0 unspecified atom stereocenters. The van der Waals surface area contributed by atoms with Gasteiger partial charge in [-0.2, -0.15) is 0 Å². The van der Waals surface area contributed by atoms with E-state index in [4.69, 9.17) is 0 Å². The molecule has 0 radical (unpaired) electrons. The molecule has 2 fully saturated rings. The van der Waals surface area contributed by atoms with Crippen molar-refractivity contribution in [2.24, 2.45) is 0 Å². The standard InChI is InChI=1S/C19H21N3O2S/c1-21-17(23)11-15(14-5-3-2-4-6-14)19(21)7-9-22(10-8-19)18(24)16-12-25-13-20-16/h2-6,12-13,15H,7-11H2,1H3/t15-/m0/s1. The molecule has 1 aromatic heterocycles. The van der Waals surface area contributed by atoms with E-state index in [0.29, 0.717) is 25.2 Å². The Labute approximate surface area is 151 Å². The number of nitrogens with zero attached hydrogens (tertiary/aromatic N) is 3. The van der Waals surface area contributed by atoms with Gasteiger partial charge in [-0.05, 0) is 18.4 Å². The molecule has 2 aliphatic rings. The first-order valence-electron chi connectivity index (χ1n) is 8.61. The zero-order chi connectivity index (χ0) is 17.4. The van der Waals surface area contributed by atoms with Gasteiger partial charge in [-0.3, -0.25) is 9.59 Å². The van der Waals surface area contributed by atoms with Gasteiger partial charge in [0.1, 0.15) is 5.69 Å². The molecule has 1 spiro atoms. The molecular weight excluding hydrogens is 334 g/mol. The second-order valence-electron chi connectivity index (χ2n) is 6.89. The summed E-state index contributed by atoms with van der Waals surface area (Å²) in [4.78, 5) is 33.0. The molecule has 1 aromatic carbocycles. The second-order valence-corrected chi connectivity index (χ2v) is 7.61. The van der Waals surface area contributed by atoms with E-state index in [-0.39, 0.29) is 23.3 Å². The van der Waals surface area contributed by atoms with Crippen LogP contribution in [0.5, 0.6) is 0 Å². The van der Waals surface area contributed by atoms with Crippen molar-refractivity contribution in [1.29, 1.82) is 0 Å². The highest BCUT2D eigenvalue weighted by Crippen LogP contribution is 2.48. The first-order valence-corrected chi connectivity index (χ1v) is 9.55. The molecule has 0 N–H and O–H groups in total. The summed E-state index contributed by atoms with van der Waals surface area (Å²) in [5, 5.41) is 1.80. The molecule has 1 atom stereocenters. The summed E-state index contributed by atoms with van der Waals surface area (Å²) in [6.07, 6.45) is 2.18. The molecule has 4 rings (SSSR count). The Morgan fingerprint density at radius 1 is 1.24 bits per heavy atom. The monoisotopic (exact) mass is 355 g/mol. The maximum Gasteiger partial charge on any atom is 0.273 e. The summed E-state index contributed by atoms with van der Waals surface area (Å²) in [6, 6.07) is 10.3. The van der Waals surface area contributed by atoms with Gasteiger partial charge in [0, 0.05) is 37.9 Å². The van der Waals surface area contributed by atoms with Crippen molar-refractivity contribution < 1.29 is 9.59 Å². The van der Waals surface area contributed by atoms with Gasteiger partial charge >= 0.3 is 0 Å². The summed E-state index contributed by atoms with van der Waals surface area (Å²) in [7, 11) is 1.92. The Bertz CT molecular complexity index is 767. The van der Waals surface area contributed by atoms with Crippen LogP contribution in [0.4, 0.5) is 0 Å². The van der Waals surface area contributed by atoms with Crippen LogP contribution in [0.15, 0.2) is 41.2 Å². The number of hydrogen-bond acceptors (Lipinski definition) is 4. The number of piperidine rings is 1. The quantitative estimate of drug-likeness (QED) is 0.832. The summed E-state index contributed by atoms with van der Waals surface area (Å²) in [5.41, 5.74) is 3.25. The van der Waals surface area contributed by atoms with Crippen LogP contribution in [0.2, 0.25) is 0 Å². The Kier molecular flexibility index (Phi) is 4.07. The lowest BCUT2D eigenvalue weighted by Gasteiger charge is -2.46. The van der Waals surface area contributed by atoms with Crippen LogP contribution in [0.3, 0.4) is 0 Å². The molecule has 0 aliphatic carbocycles. The fraction of sp³-hybridized carbons (Fsp3) is 0.421. The van der Waals surface area contributed by atoms with Crippen LogP contribution in [0, 0.1) is 0 Å². The van der Waals surface area contributed by atoms with Crippen LogP contribution in [-0.4, -0.2) is 52.3 Å². The van der Waals surface area contributed by atoms with Crippen molar-refractivity contribution in [2.75, 3.05) is 20.1 Å². The number of likely N-dealkylation sites (tertiary alicyclic amines) is 2. The smallest absolute Gasteiger partial charge is 0.273 e. The van der Waals surface area contributed by atoms with Gasteiger partial charge in [0.15, 0.2) is 0 Å². The fourth-order valence-corrected chi connectivity index (χ4v) is 4.88. The van der Waals surface area contributed by atoms with Crippen LogP contribution in [0.1, 0.15) is 41.2 Å². The van der Waals surface area contributed by atoms with Crippen LogP contribution in [0.25, 0.3) is 0 Å². The normalized spacial score (nSPS) is 22.6. The maximum atomic E-state index is 12.6.